The lowest BCUT2D eigenvalue weighted by atomic mass is 9.79. The van der Waals surface area contributed by atoms with E-state index < -0.39 is 0 Å². The lowest BCUT2D eigenvalue weighted by Crippen LogP contribution is -2.17. The molecule has 0 radical (unpaired) electrons. The largest absolute Gasteiger partial charge is 0.507 e. The highest BCUT2D eigenvalue weighted by Gasteiger charge is 2.24. The highest BCUT2D eigenvalue weighted by Crippen LogP contribution is 2.38. The Kier molecular flexibility index (Phi) is 4.93. The zero-order valence-electron chi connectivity index (χ0n) is 15.6. The van der Waals surface area contributed by atoms with Crippen LogP contribution < -0.4 is 0 Å². The van der Waals surface area contributed by atoms with Crippen molar-refractivity contribution in [2.45, 2.75) is 65.3 Å². The number of aromatic hydroxyl groups is 1. The number of rotatable bonds is 2. The van der Waals surface area contributed by atoms with Gasteiger partial charge in [-0.05, 0) is 34.1 Å². The topological polar surface area (TPSA) is 52.8 Å². The Balaban J connectivity index is 2.47. The maximum Gasteiger partial charge on any atom is 0.136 e. The van der Waals surface area contributed by atoms with Gasteiger partial charge in [0.1, 0.15) is 11.5 Å². The van der Waals surface area contributed by atoms with Crippen molar-refractivity contribution in [3.8, 4) is 5.75 Å². The molecule has 0 bridgehead atoms. The van der Waals surface area contributed by atoms with E-state index in [0.717, 1.165) is 11.1 Å². The minimum Gasteiger partial charge on any atom is -0.507 e. The predicted molar refractivity (Wildman–Crippen MR) is 101 cm³/mol. The number of phenolic OH excluding ortho intramolecular Hbond substituents is 1. The monoisotopic (exact) mass is 327 g/mol. The van der Waals surface area contributed by atoms with Gasteiger partial charge in [-0.3, -0.25) is 4.99 Å². The lowest BCUT2D eigenvalue weighted by molar-refractivity contribution is 0.436. The smallest absolute Gasteiger partial charge is 0.136 e. The van der Waals surface area contributed by atoms with E-state index in [4.69, 9.17) is 0 Å². The summed E-state index contributed by atoms with van der Waals surface area (Å²) in [5.41, 5.74) is 3.43. The Morgan fingerprint density at radius 1 is 1.00 bits per heavy atom. The Labute approximate surface area is 145 Å². The average molecular weight is 327 g/mol. The van der Waals surface area contributed by atoms with E-state index in [2.05, 4.69) is 52.6 Å². The first-order chi connectivity index (χ1) is 11.0. The van der Waals surface area contributed by atoms with Crippen molar-refractivity contribution in [3.63, 3.8) is 0 Å². The van der Waals surface area contributed by atoms with E-state index in [9.17, 15) is 10.2 Å². The molecule has 1 aromatic rings. The molecule has 0 saturated heterocycles. The molecule has 0 fully saturated rings. The Morgan fingerprint density at radius 3 is 2.21 bits per heavy atom. The van der Waals surface area contributed by atoms with Gasteiger partial charge in [-0.1, -0.05) is 59.8 Å². The third-order valence-corrected chi connectivity index (χ3v) is 4.30. The van der Waals surface area contributed by atoms with E-state index in [0.29, 0.717) is 24.4 Å². The average Bonchev–Trinajstić information content (AvgIpc) is 2.45. The van der Waals surface area contributed by atoms with E-state index in [-0.39, 0.29) is 16.6 Å². The van der Waals surface area contributed by atoms with Gasteiger partial charge >= 0.3 is 0 Å². The van der Waals surface area contributed by atoms with Crippen LogP contribution in [0.5, 0.6) is 5.75 Å². The zero-order valence-corrected chi connectivity index (χ0v) is 15.6. The second kappa shape index (κ2) is 6.46. The molecule has 24 heavy (non-hydrogen) atoms. The van der Waals surface area contributed by atoms with E-state index in [1.165, 1.54) is 5.56 Å². The molecule has 0 aliphatic heterocycles. The van der Waals surface area contributed by atoms with Crippen LogP contribution >= 0.6 is 0 Å². The molecule has 0 aromatic heterocycles. The molecular weight excluding hydrogens is 298 g/mol. The second-order valence-electron chi connectivity index (χ2n) is 8.48. The molecule has 1 aliphatic rings. The number of phenols is 1. The van der Waals surface area contributed by atoms with Gasteiger partial charge in [0.15, 0.2) is 0 Å². The van der Waals surface area contributed by atoms with Gasteiger partial charge in [-0.25, -0.2) is 0 Å². The first kappa shape index (κ1) is 18.3. The maximum absolute atomic E-state index is 10.7. The van der Waals surface area contributed by atoms with Crippen molar-refractivity contribution in [1.82, 2.24) is 0 Å². The molecular formula is C21H29NO2. The summed E-state index contributed by atoms with van der Waals surface area (Å²) in [7, 11) is 0. The van der Waals surface area contributed by atoms with Crippen LogP contribution in [0, 0.1) is 0 Å². The lowest BCUT2D eigenvalue weighted by Gasteiger charge is -2.27. The van der Waals surface area contributed by atoms with E-state index >= 15 is 0 Å². The summed E-state index contributed by atoms with van der Waals surface area (Å²) in [4.78, 5) is 4.53. The Hall–Kier alpha value is -2.03. The fraction of sp³-hybridized carbons (Fsp3) is 0.476. The number of aliphatic hydroxyl groups excluding tert-OH is 1. The zero-order chi connectivity index (χ0) is 18.1. The first-order valence-electron chi connectivity index (χ1n) is 8.46. The number of benzene rings is 1. The number of aliphatic imine (C=N–C) groups is 1. The molecule has 0 heterocycles. The van der Waals surface area contributed by atoms with Crippen LogP contribution in [-0.2, 0) is 17.4 Å². The third kappa shape index (κ3) is 4.08. The van der Waals surface area contributed by atoms with Crippen molar-refractivity contribution < 1.29 is 10.2 Å². The summed E-state index contributed by atoms with van der Waals surface area (Å²) in [6, 6.07) is 4.14. The molecule has 2 rings (SSSR count). The molecule has 1 aliphatic carbocycles. The summed E-state index contributed by atoms with van der Waals surface area (Å²) in [6.07, 6.45) is 6.05. The highest BCUT2D eigenvalue weighted by atomic mass is 16.3. The standard InChI is InChI=1S/C21H29NO2/c1-20(2,3)15-11-14(19(24)16(12-15)21(4,5)6)13-22-17-9-7-8-10-18(17)23/h7-8,10-12,23-24H,9,13H2,1-6H3. The number of hydrogen-bond donors (Lipinski definition) is 2. The molecule has 3 nitrogen and oxygen atoms in total. The van der Waals surface area contributed by atoms with Gasteiger partial charge in [-0.2, -0.15) is 0 Å². The molecule has 0 unspecified atom stereocenters. The normalized spacial score (nSPS) is 17.2. The van der Waals surface area contributed by atoms with E-state index in [1.807, 2.05) is 18.2 Å². The number of nitrogens with zero attached hydrogens (tertiary/aromatic N) is 1. The van der Waals surface area contributed by atoms with Crippen molar-refractivity contribution >= 4 is 5.71 Å². The molecule has 0 saturated carbocycles. The van der Waals surface area contributed by atoms with Crippen LogP contribution in [0.2, 0.25) is 0 Å². The van der Waals surface area contributed by atoms with Gasteiger partial charge in [-0.15, -0.1) is 0 Å². The van der Waals surface area contributed by atoms with Crippen LogP contribution in [0.3, 0.4) is 0 Å². The Bertz CT molecular complexity index is 711. The summed E-state index contributed by atoms with van der Waals surface area (Å²) in [5, 5.41) is 20.7. The first-order valence-corrected chi connectivity index (χ1v) is 8.46. The molecule has 3 heteroatoms. The number of hydrogen-bond acceptors (Lipinski definition) is 3. The summed E-state index contributed by atoms with van der Waals surface area (Å²) in [5.74, 6) is 0.523. The number of aliphatic hydroxyl groups is 1. The van der Waals surface area contributed by atoms with Gasteiger partial charge in [0.2, 0.25) is 0 Å². The quantitative estimate of drug-likeness (QED) is 0.771. The molecule has 2 N–H and O–H groups in total. The summed E-state index contributed by atoms with van der Waals surface area (Å²) >= 11 is 0. The number of allylic oxidation sites excluding steroid dienone is 4. The van der Waals surface area contributed by atoms with Crippen LogP contribution in [-0.4, -0.2) is 15.9 Å². The van der Waals surface area contributed by atoms with Crippen LogP contribution in [0.25, 0.3) is 0 Å². The van der Waals surface area contributed by atoms with Crippen LogP contribution in [0.1, 0.15) is 64.7 Å². The van der Waals surface area contributed by atoms with Crippen molar-refractivity contribution in [1.29, 1.82) is 0 Å². The molecule has 0 amide bonds. The van der Waals surface area contributed by atoms with Gasteiger partial charge in [0.05, 0.1) is 12.3 Å². The fourth-order valence-electron chi connectivity index (χ4n) is 2.69. The molecule has 0 spiro atoms. The van der Waals surface area contributed by atoms with Gasteiger partial charge in [0, 0.05) is 12.0 Å². The van der Waals surface area contributed by atoms with Gasteiger partial charge < -0.3 is 10.2 Å². The van der Waals surface area contributed by atoms with Crippen molar-refractivity contribution in [2.24, 2.45) is 4.99 Å². The molecule has 130 valence electrons. The Morgan fingerprint density at radius 2 is 1.67 bits per heavy atom. The second-order valence-corrected chi connectivity index (χ2v) is 8.48. The molecule has 0 atom stereocenters. The highest BCUT2D eigenvalue weighted by molar-refractivity contribution is 6.00. The minimum absolute atomic E-state index is 0.00872. The van der Waals surface area contributed by atoms with Crippen molar-refractivity contribution in [2.75, 3.05) is 0 Å². The van der Waals surface area contributed by atoms with Crippen LogP contribution in [0.4, 0.5) is 0 Å². The minimum atomic E-state index is -0.150. The maximum atomic E-state index is 10.7. The molecule has 1 aromatic carbocycles. The van der Waals surface area contributed by atoms with Crippen molar-refractivity contribution in [3.05, 3.63) is 52.8 Å². The van der Waals surface area contributed by atoms with Crippen LogP contribution in [0.15, 0.2) is 41.1 Å². The van der Waals surface area contributed by atoms with Gasteiger partial charge in [0.25, 0.3) is 0 Å². The summed E-state index contributed by atoms with van der Waals surface area (Å²) < 4.78 is 0. The van der Waals surface area contributed by atoms with E-state index in [1.54, 1.807) is 6.08 Å². The predicted octanol–water partition coefficient (Wildman–Crippen LogP) is 5.33. The third-order valence-electron chi connectivity index (χ3n) is 4.30. The SMILES string of the molecule is CC(C)(C)c1cc(CN=C2CC=CC=C2O)c(O)c(C(C)(C)C)c1. The summed E-state index contributed by atoms with van der Waals surface area (Å²) in [6.45, 7) is 13.2. The fourth-order valence-corrected chi connectivity index (χ4v) is 2.69.